The zero-order chi connectivity index (χ0) is 13.8. The van der Waals surface area contributed by atoms with Crippen molar-refractivity contribution in [2.75, 3.05) is 12.8 Å². The highest BCUT2D eigenvalue weighted by Gasteiger charge is 2.13. The molecule has 98 valence electrons. The van der Waals surface area contributed by atoms with E-state index in [1.165, 1.54) is 7.11 Å². The fourth-order valence-electron chi connectivity index (χ4n) is 0.893. The van der Waals surface area contributed by atoms with Crippen LogP contribution in [-0.4, -0.2) is 18.2 Å². The highest BCUT2D eigenvalue weighted by molar-refractivity contribution is 5.98. The van der Waals surface area contributed by atoms with E-state index in [9.17, 15) is 4.79 Å². The molecule has 4 N–H and O–H groups in total. The maximum absolute atomic E-state index is 11.4. The quantitative estimate of drug-likeness (QED) is 0.360. The molecular formula is C12H23N3O2. The van der Waals surface area contributed by atoms with E-state index in [1.807, 2.05) is 27.7 Å². The lowest BCUT2D eigenvalue weighted by molar-refractivity contribution is -0.0968. The monoisotopic (exact) mass is 241 g/mol. The number of hydroxylamine groups is 1. The van der Waals surface area contributed by atoms with Crippen LogP contribution in [0.3, 0.4) is 0 Å². The van der Waals surface area contributed by atoms with E-state index in [2.05, 4.69) is 4.84 Å². The number of anilines is 1. The normalized spacial score (nSPS) is 8.12. The van der Waals surface area contributed by atoms with E-state index >= 15 is 0 Å². The summed E-state index contributed by atoms with van der Waals surface area (Å²) in [5.74, 6) is 4.75. The molecule has 1 aromatic rings. The Bertz CT molecular complexity index is 316. The Morgan fingerprint density at radius 3 is 2.06 bits per heavy atom. The fraction of sp³-hybridized carbons (Fsp3) is 0.417. The van der Waals surface area contributed by atoms with Crippen molar-refractivity contribution in [1.82, 2.24) is 5.17 Å². The lowest BCUT2D eigenvalue weighted by Gasteiger charge is -2.13. The summed E-state index contributed by atoms with van der Waals surface area (Å²) in [7, 11) is 1.30. The van der Waals surface area contributed by atoms with Crippen molar-refractivity contribution < 1.29 is 9.63 Å². The van der Waals surface area contributed by atoms with Crippen LogP contribution >= 0.6 is 0 Å². The van der Waals surface area contributed by atoms with Crippen LogP contribution in [0.15, 0.2) is 24.3 Å². The first-order valence-corrected chi connectivity index (χ1v) is 5.64. The summed E-state index contributed by atoms with van der Waals surface area (Å²) in [6.07, 6.45) is 0. The van der Waals surface area contributed by atoms with Crippen LogP contribution in [0.5, 0.6) is 0 Å². The number of nitrogen functional groups attached to an aromatic ring is 1. The number of nitrogens with zero attached hydrogens (tertiary/aromatic N) is 1. The minimum Gasteiger partial charge on any atom is -0.398 e. The molecular weight excluding hydrogens is 218 g/mol. The SMILES string of the molecule is CC.CC.CON(N)C(=O)c1ccccc1N. The minimum atomic E-state index is -0.472. The molecule has 0 spiro atoms. The van der Waals surface area contributed by atoms with Gasteiger partial charge in [0.15, 0.2) is 0 Å². The molecule has 0 aliphatic heterocycles. The average Bonchev–Trinajstić information content (AvgIpc) is 2.42. The van der Waals surface area contributed by atoms with Gasteiger partial charge < -0.3 is 5.73 Å². The van der Waals surface area contributed by atoms with Crippen molar-refractivity contribution in [2.45, 2.75) is 27.7 Å². The standard InChI is InChI=1S/C8H11N3O2.2C2H6/c1-13-11(10)8(12)6-4-2-3-5-7(6)9;2*1-2/h2-5H,9-10H2,1H3;2*1-2H3. The van der Waals surface area contributed by atoms with Crippen LogP contribution in [0, 0.1) is 0 Å². The zero-order valence-corrected chi connectivity index (χ0v) is 11.2. The number of nitrogens with two attached hydrogens (primary N) is 2. The number of hydrazine groups is 1. The third kappa shape index (κ3) is 5.89. The Morgan fingerprint density at radius 2 is 1.65 bits per heavy atom. The zero-order valence-electron chi connectivity index (χ0n) is 11.2. The Kier molecular flexibility index (Phi) is 11.4. The lowest BCUT2D eigenvalue weighted by Crippen LogP contribution is -2.36. The van der Waals surface area contributed by atoms with Crippen LogP contribution in [0.2, 0.25) is 0 Å². The second-order valence-electron chi connectivity index (χ2n) is 2.40. The number of hydrogen-bond donors (Lipinski definition) is 2. The molecule has 0 bridgehead atoms. The second-order valence-corrected chi connectivity index (χ2v) is 2.40. The van der Waals surface area contributed by atoms with Crippen LogP contribution in [0.25, 0.3) is 0 Å². The molecule has 0 heterocycles. The van der Waals surface area contributed by atoms with Gasteiger partial charge in [-0.1, -0.05) is 39.8 Å². The first-order valence-electron chi connectivity index (χ1n) is 5.64. The number of amides is 1. The summed E-state index contributed by atoms with van der Waals surface area (Å²) < 4.78 is 0. The molecule has 0 saturated heterocycles. The van der Waals surface area contributed by atoms with Gasteiger partial charge in [-0.2, -0.15) is 0 Å². The van der Waals surface area contributed by atoms with Gasteiger partial charge >= 0.3 is 0 Å². The molecule has 0 saturated carbocycles. The average molecular weight is 241 g/mol. The topological polar surface area (TPSA) is 81.6 Å². The summed E-state index contributed by atoms with van der Waals surface area (Å²) >= 11 is 0. The van der Waals surface area contributed by atoms with Gasteiger partial charge in [-0.25, -0.2) is 5.84 Å². The van der Waals surface area contributed by atoms with Gasteiger partial charge in [0.2, 0.25) is 0 Å². The third-order valence-electron chi connectivity index (χ3n) is 1.59. The Labute approximate surface area is 103 Å². The van der Waals surface area contributed by atoms with E-state index in [4.69, 9.17) is 11.6 Å². The molecule has 5 nitrogen and oxygen atoms in total. The van der Waals surface area contributed by atoms with Gasteiger partial charge in [-0.3, -0.25) is 9.63 Å². The molecule has 0 aromatic heterocycles. The van der Waals surface area contributed by atoms with Crippen molar-refractivity contribution in [3.05, 3.63) is 29.8 Å². The molecule has 17 heavy (non-hydrogen) atoms. The van der Waals surface area contributed by atoms with Crippen molar-refractivity contribution in [2.24, 2.45) is 5.84 Å². The number of benzene rings is 1. The minimum absolute atomic E-state index is 0.326. The van der Waals surface area contributed by atoms with Gasteiger partial charge in [0.05, 0.1) is 12.7 Å². The van der Waals surface area contributed by atoms with Gasteiger partial charge in [0, 0.05) is 5.69 Å². The van der Waals surface area contributed by atoms with Gasteiger partial charge in [0.1, 0.15) is 0 Å². The van der Waals surface area contributed by atoms with E-state index < -0.39 is 5.91 Å². The molecule has 1 rings (SSSR count). The van der Waals surface area contributed by atoms with Gasteiger partial charge in [0.25, 0.3) is 5.91 Å². The molecule has 0 radical (unpaired) electrons. The van der Waals surface area contributed by atoms with Crippen molar-refractivity contribution in [3.63, 3.8) is 0 Å². The molecule has 0 fully saturated rings. The maximum Gasteiger partial charge on any atom is 0.294 e. The lowest BCUT2D eigenvalue weighted by atomic mass is 10.2. The highest BCUT2D eigenvalue weighted by Crippen LogP contribution is 2.11. The van der Waals surface area contributed by atoms with E-state index in [1.54, 1.807) is 24.3 Å². The smallest absolute Gasteiger partial charge is 0.294 e. The molecule has 0 atom stereocenters. The number of hydrogen-bond acceptors (Lipinski definition) is 4. The molecule has 0 unspecified atom stereocenters. The predicted molar refractivity (Wildman–Crippen MR) is 70.9 cm³/mol. The third-order valence-corrected chi connectivity index (χ3v) is 1.59. The molecule has 5 heteroatoms. The summed E-state index contributed by atoms with van der Waals surface area (Å²) in [5.41, 5.74) is 6.26. The summed E-state index contributed by atoms with van der Waals surface area (Å²) in [5, 5.41) is 0.631. The fourth-order valence-corrected chi connectivity index (χ4v) is 0.893. The Morgan fingerprint density at radius 1 is 1.18 bits per heavy atom. The number of rotatable bonds is 2. The number of para-hydroxylation sites is 1. The van der Waals surface area contributed by atoms with Crippen molar-refractivity contribution in [3.8, 4) is 0 Å². The predicted octanol–water partition coefficient (Wildman–Crippen LogP) is 2.20. The Balaban J connectivity index is 0. The maximum atomic E-state index is 11.4. The number of carbonyl (C=O) groups is 1. The van der Waals surface area contributed by atoms with Crippen molar-refractivity contribution >= 4 is 11.6 Å². The van der Waals surface area contributed by atoms with E-state index in [0.29, 0.717) is 16.4 Å². The largest absolute Gasteiger partial charge is 0.398 e. The number of carbonyl (C=O) groups excluding carboxylic acids is 1. The molecule has 1 amide bonds. The summed E-state index contributed by atoms with van der Waals surface area (Å²) in [6, 6.07) is 6.64. The molecule has 0 aliphatic carbocycles. The van der Waals surface area contributed by atoms with Gasteiger partial charge in [-0.05, 0) is 12.1 Å². The summed E-state index contributed by atoms with van der Waals surface area (Å²) in [4.78, 5) is 15.9. The Hall–Kier alpha value is -1.59. The van der Waals surface area contributed by atoms with Crippen LogP contribution < -0.4 is 11.6 Å². The molecule has 0 aliphatic rings. The van der Waals surface area contributed by atoms with E-state index in [0.717, 1.165) is 0 Å². The second kappa shape index (κ2) is 10.9. The first-order chi connectivity index (χ1) is 8.16. The van der Waals surface area contributed by atoms with Gasteiger partial charge in [-0.15, -0.1) is 5.17 Å². The summed E-state index contributed by atoms with van der Waals surface area (Å²) in [6.45, 7) is 8.00. The first kappa shape index (κ1) is 17.8. The van der Waals surface area contributed by atoms with Crippen LogP contribution in [0.4, 0.5) is 5.69 Å². The highest BCUT2D eigenvalue weighted by atomic mass is 16.7. The van der Waals surface area contributed by atoms with Crippen LogP contribution in [0.1, 0.15) is 38.1 Å². The van der Waals surface area contributed by atoms with Crippen molar-refractivity contribution in [1.29, 1.82) is 0 Å². The molecule has 1 aromatic carbocycles. The van der Waals surface area contributed by atoms with Crippen LogP contribution in [-0.2, 0) is 4.84 Å². The van der Waals surface area contributed by atoms with E-state index in [-0.39, 0.29) is 0 Å².